The van der Waals surface area contributed by atoms with Crippen LogP contribution in [0.5, 0.6) is 0 Å². The molecule has 0 aliphatic heterocycles. The van der Waals surface area contributed by atoms with Gasteiger partial charge < -0.3 is 13.6 Å². The molecule has 5 heteroatoms. The van der Waals surface area contributed by atoms with E-state index in [1.165, 1.54) is 0 Å². The van der Waals surface area contributed by atoms with Gasteiger partial charge in [-0.3, -0.25) is 0 Å². The van der Waals surface area contributed by atoms with Crippen LogP contribution in [0, 0.1) is 0 Å². The molecule has 0 atom stereocenters. The molecule has 0 aromatic heterocycles. The Hall–Kier alpha value is 0.110. The van der Waals surface area contributed by atoms with Crippen LogP contribution in [0.4, 0.5) is 0 Å². The van der Waals surface area contributed by atoms with Gasteiger partial charge >= 0.3 is 7.74 Å². The summed E-state index contributed by atoms with van der Waals surface area (Å²) < 4.78 is 21.1. The molecule has 0 fully saturated rings. The first kappa shape index (κ1) is 15.1. The fraction of sp³-hybridized carbons (Fsp3) is 1.00. The second-order valence-corrected chi connectivity index (χ2v) is 5.28. The van der Waals surface area contributed by atoms with E-state index in [0.29, 0.717) is 19.8 Å². The molecule has 0 rings (SSSR count). The molecule has 0 amide bonds. The lowest BCUT2D eigenvalue weighted by Crippen LogP contribution is -2.03. The normalized spacial score (nSPS) is 11.7. The number of hydrogen-bond donors (Lipinski definition) is 0. The molecule has 0 aromatic carbocycles. The Morgan fingerprint density at radius 2 is 1.13 bits per heavy atom. The van der Waals surface area contributed by atoms with Crippen molar-refractivity contribution in [3.05, 3.63) is 0 Å². The minimum atomic E-state index is -2.40. The van der Waals surface area contributed by atoms with Gasteiger partial charge in [0.2, 0.25) is 0 Å². The van der Waals surface area contributed by atoms with E-state index in [0.717, 1.165) is 19.3 Å². The van der Waals surface area contributed by atoms with Crippen LogP contribution in [0.2, 0.25) is 0 Å². The predicted molar refractivity (Wildman–Crippen MR) is 64.0 cm³/mol. The summed E-state index contributed by atoms with van der Waals surface area (Å²) in [5, 5.41) is 0. The Morgan fingerprint density at radius 3 is 1.33 bits per heavy atom. The standard InChI is InChI=1S/C10H24NO3P/c1-5-8-12-15(11-4,13-9-6-2)14-10-7-3/h5-10H2,1-4H3. The third-order valence-electron chi connectivity index (χ3n) is 1.62. The molecule has 92 valence electrons. The van der Waals surface area contributed by atoms with Crippen LogP contribution in [0.3, 0.4) is 0 Å². The van der Waals surface area contributed by atoms with Gasteiger partial charge in [-0.2, -0.15) is 0 Å². The molecule has 15 heavy (non-hydrogen) atoms. The fourth-order valence-electron chi connectivity index (χ4n) is 0.905. The van der Waals surface area contributed by atoms with Crippen LogP contribution in [-0.4, -0.2) is 26.9 Å². The molecular formula is C10H24NO3P. The van der Waals surface area contributed by atoms with E-state index in [9.17, 15) is 0 Å². The van der Waals surface area contributed by atoms with Crippen molar-refractivity contribution < 1.29 is 13.6 Å². The van der Waals surface area contributed by atoms with Crippen LogP contribution in [0.1, 0.15) is 40.0 Å². The SMILES string of the molecule is CCCOP(=NC)(OCCC)OCCC. The zero-order valence-corrected chi connectivity index (χ0v) is 11.3. The van der Waals surface area contributed by atoms with Gasteiger partial charge in [0, 0.05) is 7.05 Å². The van der Waals surface area contributed by atoms with E-state index in [1.54, 1.807) is 7.05 Å². The van der Waals surface area contributed by atoms with Gasteiger partial charge in [-0.05, 0) is 19.3 Å². The van der Waals surface area contributed by atoms with Crippen LogP contribution >= 0.6 is 7.74 Å². The molecule has 0 unspecified atom stereocenters. The van der Waals surface area contributed by atoms with E-state index < -0.39 is 7.74 Å². The first-order valence-electron chi connectivity index (χ1n) is 5.68. The molecule has 0 N–H and O–H groups in total. The first-order valence-corrected chi connectivity index (χ1v) is 7.18. The molecular weight excluding hydrogens is 213 g/mol. The van der Waals surface area contributed by atoms with Crippen molar-refractivity contribution in [2.45, 2.75) is 40.0 Å². The second kappa shape index (κ2) is 9.34. The Kier molecular flexibility index (Phi) is 9.41. The molecule has 0 saturated carbocycles. The van der Waals surface area contributed by atoms with Crippen molar-refractivity contribution in [3.63, 3.8) is 0 Å². The van der Waals surface area contributed by atoms with E-state index in [4.69, 9.17) is 13.6 Å². The van der Waals surface area contributed by atoms with E-state index in [2.05, 4.69) is 25.5 Å². The fourth-order valence-corrected chi connectivity index (χ4v) is 2.71. The minimum absolute atomic E-state index is 0.637. The molecule has 0 aliphatic rings. The third kappa shape index (κ3) is 6.31. The van der Waals surface area contributed by atoms with Crippen LogP contribution < -0.4 is 0 Å². The summed E-state index contributed by atoms with van der Waals surface area (Å²) in [5.41, 5.74) is 0. The minimum Gasteiger partial charge on any atom is -0.303 e. The Balaban J connectivity index is 4.32. The molecule has 4 nitrogen and oxygen atoms in total. The van der Waals surface area contributed by atoms with E-state index in [-0.39, 0.29) is 0 Å². The summed E-state index contributed by atoms with van der Waals surface area (Å²) in [5.74, 6) is 0. The molecule has 0 heterocycles. The number of rotatable bonds is 9. The lowest BCUT2D eigenvalue weighted by atomic mass is 10.5. The highest BCUT2D eigenvalue weighted by Gasteiger charge is 2.21. The molecule has 0 spiro atoms. The predicted octanol–water partition coefficient (Wildman–Crippen LogP) is 3.84. The van der Waals surface area contributed by atoms with Crippen molar-refractivity contribution in [3.8, 4) is 0 Å². The van der Waals surface area contributed by atoms with Gasteiger partial charge in [-0.1, -0.05) is 20.8 Å². The first-order chi connectivity index (χ1) is 7.24. The molecule has 0 bridgehead atoms. The summed E-state index contributed by atoms with van der Waals surface area (Å²) in [7, 11) is -0.698. The maximum Gasteiger partial charge on any atom is 0.355 e. The number of hydrogen-bond acceptors (Lipinski definition) is 4. The van der Waals surface area contributed by atoms with Crippen LogP contribution in [0.15, 0.2) is 4.74 Å². The highest BCUT2D eigenvalue weighted by Crippen LogP contribution is 2.52. The van der Waals surface area contributed by atoms with Gasteiger partial charge in [0.05, 0.1) is 19.8 Å². The Morgan fingerprint density at radius 1 is 0.800 bits per heavy atom. The summed E-state index contributed by atoms with van der Waals surface area (Å²) in [4.78, 5) is 0. The lowest BCUT2D eigenvalue weighted by Gasteiger charge is -2.22. The Labute approximate surface area is 93.6 Å². The van der Waals surface area contributed by atoms with Gasteiger partial charge in [-0.25, -0.2) is 4.74 Å². The lowest BCUT2D eigenvalue weighted by molar-refractivity contribution is 0.147. The average molecular weight is 237 g/mol. The summed E-state index contributed by atoms with van der Waals surface area (Å²) in [6, 6.07) is 0. The van der Waals surface area contributed by atoms with E-state index in [1.807, 2.05) is 0 Å². The highest BCUT2D eigenvalue weighted by molar-refractivity contribution is 7.51. The molecule has 0 aliphatic carbocycles. The molecule has 0 radical (unpaired) electrons. The average Bonchev–Trinajstić information content (AvgIpc) is 2.29. The molecule has 0 aromatic rings. The second-order valence-electron chi connectivity index (χ2n) is 3.17. The smallest absolute Gasteiger partial charge is 0.303 e. The molecule has 0 saturated heterocycles. The van der Waals surface area contributed by atoms with Gasteiger partial charge in [0.25, 0.3) is 0 Å². The highest BCUT2D eigenvalue weighted by atomic mass is 31.2. The van der Waals surface area contributed by atoms with Crippen molar-refractivity contribution in [2.75, 3.05) is 26.9 Å². The van der Waals surface area contributed by atoms with Gasteiger partial charge in [0.1, 0.15) is 0 Å². The maximum absolute atomic E-state index is 5.63. The monoisotopic (exact) mass is 237 g/mol. The van der Waals surface area contributed by atoms with E-state index >= 15 is 0 Å². The Bertz CT molecular complexity index is 169. The van der Waals surface area contributed by atoms with Crippen molar-refractivity contribution >= 4 is 7.74 Å². The summed E-state index contributed by atoms with van der Waals surface area (Å²) in [6.07, 6.45) is 2.84. The zero-order chi connectivity index (χ0) is 11.6. The largest absolute Gasteiger partial charge is 0.355 e. The zero-order valence-electron chi connectivity index (χ0n) is 10.4. The topological polar surface area (TPSA) is 40.0 Å². The van der Waals surface area contributed by atoms with Gasteiger partial charge in [-0.15, -0.1) is 0 Å². The maximum atomic E-state index is 5.63. The van der Waals surface area contributed by atoms with Crippen LogP contribution in [0.25, 0.3) is 0 Å². The van der Waals surface area contributed by atoms with Gasteiger partial charge in [0.15, 0.2) is 0 Å². The van der Waals surface area contributed by atoms with Crippen molar-refractivity contribution in [1.82, 2.24) is 0 Å². The quantitative estimate of drug-likeness (QED) is 0.572. The summed E-state index contributed by atoms with van der Waals surface area (Å²) in [6.45, 7) is 8.09. The van der Waals surface area contributed by atoms with Crippen molar-refractivity contribution in [2.24, 2.45) is 4.74 Å². The third-order valence-corrected chi connectivity index (χ3v) is 3.64. The van der Waals surface area contributed by atoms with Crippen LogP contribution in [-0.2, 0) is 13.6 Å². The summed E-state index contributed by atoms with van der Waals surface area (Å²) >= 11 is 0. The van der Waals surface area contributed by atoms with Crippen molar-refractivity contribution in [1.29, 1.82) is 0 Å². The number of nitrogens with zero attached hydrogens (tertiary/aromatic N) is 1.